The average molecular weight is 310 g/mol. The van der Waals surface area contributed by atoms with Crippen molar-refractivity contribution in [1.82, 2.24) is 5.32 Å². The van der Waals surface area contributed by atoms with Crippen LogP contribution >= 0.6 is 0 Å². The van der Waals surface area contributed by atoms with E-state index < -0.39 is 11.6 Å². The van der Waals surface area contributed by atoms with Crippen LogP contribution < -0.4 is 20.5 Å². The molecule has 1 amide bonds. The van der Waals surface area contributed by atoms with E-state index in [2.05, 4.69) is 5.32 Å². The highest BCUT2D eigenvalue weighted by Gasteiger charge is 2.27. The first-order valence-electron chi connectivity index (χ1n) is 7.32. The fourth-order valence-electron chi connectivity index (χ4n) is 2.16. The molecule has 0 aliphatic heterocycles. The van der Waals surface area contributed by atoms with Crippen LogP contribution in [0.25, 0.3) is 0 Å². The summed E-state index contributed by atoms with van der Waals surface area (Å²) in [6, 6.07) is 5.12. The van der Waals surface area contributed by atoms with Gasteiger partial charge in [-0.2, -0.15) is 0 Å². The van der Waals surface area contributed by atoms with Gasteiger partial charge in [0.15, 0.2) is 0 Å². The van der Waals surface area contributed by atoms with Crippen molar-refractivity contribution in [1.29, 1.82) is 0 Å². The summed E-state index contributed by atoms with van der Waals surface area (Å²) < 4.78 is 10.3. The minimum absolute atomic E-state index is 0.0751. The molecule has 0 fully saturated rings. The van der Waals surface area contributed by atoms with Gasteiger partial charge >= 0.3 is 0 Å². The predicted octanol–water partition coefficient (Wildman–Crippen LogP) is 1.37. The fourth-order valence-corrected chi connectivity index (χ4v) is 2.16. The van der Waals surface area contributed by atoms with Gasteiger partial charge in [0.05, 0.1) is 25.9 Å². The first-order chi connectivity index (χ1) is 10.3. The maximum absolute atomic E-state index is 12.0. The second-order valence-electron chi connectivity index (χ2n) is 5.54. The molecular formula is C16H26N2O4. The lowest BCUT2D eigenvalue weighted by atomic mass is 9.96. The average Bonchev–Trinajstić information content (AvgIpc) is 2.51. The molecule has 0 aromatic heterocycles. The highest BCUT2D eigenvalue weighted by molar-refractivity contribution is 5.85. The molecular weight excluding hydrogens is 284 g/mol. The number of carbonyl (C=O) groups is 1. The molecule has 2 unspecified atom stereocenters. The van der Waals surface area contributed by atoms with Gasteiger partial charge in [0, 0.05) is 12.6 Å². The van der Waals surface area contributed by atoms with E-state index in [4.69, 9.17) is 15.2 Å². The van der Waals surface area contributed by atoms with Crippen LogP contribution in [-0.4, -0.2) is 37.3 Å². The summed E-state index contributed by atoms with van der Waals surface area (Å²) in [5, 5.41) is 12.9. The number of ether oxygens (including phenoxy) is 2. The molecule has 2 atom stereocenters. The minimum atomic E-state index is -0.930. The minimum Gasteiger partial charge on any atom is -0.497 e. The number of nitrogens with two attached hydrogens (primary N) is 1. The third-order valence-electron chi connectivity index (χ3n) is 3.50. The van der Waals surface area contributed by atoms with Gasteiger partial charge in [-0.3, -0.25) is 4.79 Å². The number of rotatable bonds is 8. The largest absolute Gasteiger partial charge is 0.497 e. The first-order valence-corrected chi connectivity index (χ1v) is 7.32. The van der Waals surface area contributed by atoms with Crippen LogP contribution in [0.3, 0.4) is 0 Å². The van der Waals surface area contributed by atoms with Crippen molar-refractivity contribution in [2.75, 3.05) is 20.8 Å². The Bertz CT molecular complexity index is 481. The molecule has 0 bridgehead atoms. The van der Waals surface area contributed by atoms with Crippen LogP contribution in [-0.2, 0) is 4.79 Å². The molecule has 6 nitrogen and oxygen atoms in total. The van der Waals surface area contributed by atoms with E-state index in [9.17, 15) is 9.90 Å². The molecule has 1 aromatic rings. The number of carbonyl (C=O) groups excluding carboxylic acids is 1. The quantitative estimate of drug-likeness (QED) is 0.674. The van der Waals surface area contributed by atoms with Crippen molar-refractivity contribution in [3.05, 3.63) is 23.8 Å². The van der Waals surface area contributed by atoms with E-state index in [-0.39, 0.29) is 12.5 Å². The smallest absolute Gasteiger partial charge is 0.239 e. The number of hydrogen-bond donors (Lipinski definition) is 3. The summed E-state index contributed by atoms with van der Waals surface area (Å²) in [4.78, 5) is 12.0. The van der Waals surface area contributed by atoms with E-state index in [0.717, 1.165) is 6.42 Å². The fraction of sp³-hybridized carbons (Fsp3) is 0.562. The highest BCUT2D eigenvalue weighted by Crippen LogP contribution is 2.26. The Balaban J connectivity index is 2.73. The molecule has 0 saturated carbocycles. The molecule has 22 heavy (non-hydrogen) atoms. The number of amides is 1. The summed E-state index contributed by atoms with van der Waals surface area (Å²) in [6.07, 6.45) is 0.531. The van der Waals surface area contributed by atoms with Crippen molar-refractivity contribution < 1.29 is 19.4 Å². The third-order valence-corrected chi connectivity index (χ3v) is 3.50. The second kappa shape index (κ2) is 8.00. The summed E-state index contributed by atoms with van der Waals surface area (Å²) in [5.74, 6) is 0.881. The van der Waals surface area contributed by atoms with Gasteiger partial charge in [0.2, 0.25) is 5.91 Å². The van der Waals surface area contributed by atoms with Gasteiger partial charge < -0.3 is 25.6 Å². The van der Waals surface area contributed by atoms with Crippen LogP contribution in [0.15, 0.2) is 18.2 Å². The van der Waals surface area contributed by atoms with Crippen LogP contribution in [0, 0.1) is 0 Å². The second-order valence-corrected chi connectivity index (χ2v) is 5.54. The zero-order chi connectivity index (χ0) is 16.8. The number of nitrogens with one attached hydrogen (secondary N) is 1. The van der Waals surface area contributed by atoms with Crippen molar-refractivity contribution in [3.63, 3.8) is 0 Å². The van der Waals surface area contributed by atoms with Crippen molar-refractivity contribution in [2.45, 2.75) is 38.3 Å². The molecule has 1 rings (SSSR count). The number of aliphatic hydroxyl groups is 1. The lowest BCUT2D eigenvalue weighted by Gasteiger charge is -2.24. The first kappa shape index (κ1) is 18.3. The topological polar surface area (TPSA) is 93.8 Å². The Hall–Kier alpha value is -1.79. The molecule has 0 spiro atoms. The summed E-state index contributed by atoms with van der Waals surface area (Å²) in [6.45, 7) is 3.73. The Morgan fingerprint density at radius 1 is 1.32 bits per heavy atom. The molecule has 6 heteroatoms. The molecule has 0 heterocycles. The van der Waals surface area contributed by atoms with Crippen molar-refractivity contribution in [3.8, 4) is 11.5 Å². The van der Waals surface area contributed by atoms with E-state index in [1.165, 1.54) is 14.2 Å². The summed E-state index contributed by atoms with van der Waals surface area (Å²) in [7, 11) is 3.08. The lowest BCUT2D eigenvalue weighted by molar-refractivity contribution is -0.126. The maximum Gasteiger partial charge on any atom is 0.239 e. The van der Waals surface area contributed by atoms with E-state index in [1.807, 2.05) is 6.92 Å². The molecule has 0 aliphatic rings. The molecule has 0 radical (unpaired) electrons. The van der Waals surface area contributed by atoms with E-state index in [0.29, 0.717) is 23.5 Å². The third kappa shape index (κ3) is 4.89. The SMILES string of the molecule is CCCC(C)(N)C(=O)NCC(O)c1cc(OC)cc(OC)c1. The van der Waals surface area contributed by atoms with Gasteiger partial charge in [-0.15, -0.1) is 0 Å². The van der Waals surface area contributed by atoms with Crippen LogP contribution in [0.1, 0.15) is 38.4 Å². The van der Waals surface area contributed by atoms with Crippen molar-refractivity contribution >= 4 is 5.91 Å². The predicted molar refractivity (Wildman–Crippen MR) is 85.0 cm³/mol. The highest BCUT2D eigenvalue weighted by atomic mass is 16.5. The summed E-state index contributed by atoms with van der Waals surface area (Å²) >= 11 is 0. The standard InChI is InChI=1S/C16H26N2O4/c1-5-6-16(2,17)15(20)18-10-14(19)11-7-12(21-3)9-13(8-11)22-4/h7-9,14,19H,5-6,10,17H2,1-4H3,(H,18,20). The Morgan fingerprint density at radius 2 is 1.86 bits per heavy atom. The van der Waals surface area contributed by atoms with Crippen LogP contribution in [0.5, 0.6) is 11.5 Å². The van der Waals surface area contributed by atoms with Crippen LogP contribution in [0.4, 0.5) is 0 Å². The van der Waals surface area contributed by atoms with Gasteiger partial charge in [0.25, 0.3) is 0 Å². The molecule has 124 valence electrons. The molecule has 1 aromatic carbocycles. The van der Waals surface area contributed by atoms with Crippen molar-refractivity contribution in [2.24, 2.45) is 5.73 Å². The number of hydrogen-bond acceptors (Lipinski definition) is 5. The normalized spacial score (nSPS) is 14.8. The maximum atomic E-state index is 12.0. The van der Waals surface area contributed by atoms with Gasteiger partial charge in [-0.1, -0.05) is 13.3 Å². The number of aliphatic hydroxyl groups excluding tert-OH is 1. The van der Waals surface area contributed by atoms with Gasteiger partial charge in [-0.25, -0.2) is 0 Å². The zero-order valence-corrected chi connectivity index (χ0v) is 13.7. The lowest BCUT2D eigenvalue weighted by Crippen LogP contribution is -2.52. The zero-order valence-electron chi connectivity index (χ0n) is 13.7. The summed E-state index contributed by atoms with van der Waals surface area (Å²) in [5.41, 5.74) is 5.63. The number of benzene rings is 1. The van der Waals surface area contributed by atoms with E-state index >= 15 is 0 Å². The van der Waals surface area contributed by atoms with Gasteiger partial charge in [-0.05, 0) is 31.0 Å². The van der Waals surface area contributed by atoms with E-state index in [1.54, 1.807) is 25.1 Å². The molecule has 0 saturated heterocycles. The monoisotopic (exact) mass is 310 g/mol. The van der Waals surface area contributed by atoms with Gasteiger partial charge in [0.1, 0.15) is 11.5 Å². The molecule has 4 N–H and O–H groups in total. The molecule has 0 aliphatic carbocycles. The Labute approximate surface area is 131 Å². The number of methoxy groups -OCH3 is 2. The van der Waals surface area contributed by atoms with Crippen LogP contribution in [0.2, 0.25) is 0 Å². The Morgan fingerprint density at radius 3 is 2.32 bits per heavy atom. The Kier molecular flexibility index (Phi) is 6.64.